The highest BCUT2D eigenvalue weighted by Crippen LogP contribution is 2.65. The standard InChI is InChI=1S/C33H60BNO5/c1-8-9-10-11-12-13-14-15-16-17-18-26(37)22-27(24(4)36)31(38)35-30(19-23(2)3)34-39-29-21-25-20-28(32(25,5)6)33(29,7)40-34/h23-25,27-30,36H,8-22H2,1-7H3,(H,35,38)/t24-,25+,27+,28+,29-,30+,33+/m1/s1. The molecule has 0 radical (unpaired) electrons. The van der Waals surface area contributed by atoms with Crippen LogP contribution in [0.4, 0.5) is 0 Å². The Morgan fingerprint density at radius 2 is 1.55 bits per heavy atom. The van der Waals surface area contributed by atoms with Crippen molar-refractivity contribution in [3.8, 4) is 0 Å². The van der Waals surface area contributed by atoms with Gasteiger partial charge in [0.1, 0.15) is 5.78 Å². The molecule has 7 heteroatoms. The van der Waals surface area contributed by atoms with E-state index in [1.54, 1.807) is 6.92 Å². The van der Waals surface area contributed by atoms with Gasteiger partial charge in [0.2, 0.25) is 5.91 Å². The fourth-order valence-corrected chi connectivity index (χ4v) is 7.75. The van der Waals surface area contributed by atoms with Crippen molar-refractivity contribution in [3.63, 3.8) is 0 Å². The number of Topliss-reactive ketones (excluding diaryl/α,β-unsaturated/α-hetero) is 1. The molecule has 1 amide bonds. The summed E-state index contributed by atoms with van der Waals surface area (Å²) in [6, 6.07) is 0. The van der Waals surface area contributed by atoms with Gasteiger partial charge in [-0.25, -0.2) is 0 Å². The van der Waals surface area contributed by atoms with Crippen molar-refractivity contribution in [2.45, 2.75) is 169 Å². The molecular formula is C33H60BNO5. The molecule has 6 nitrogen and oxygen atoms in total. The predicted molar refractivity (Wildman–Crippen MR) is 163 cm³/mol. The Balaban J connectivity index is 1.47. The third kappa shape index (κ3) is 8.34. The summed E-state index contributed by atoms with van der Waals surface area (Å²) in [6.07, 6.45) is 14.9. The van der Waals surface area contributed by atoms with Gasteiger partial charge < -0.3 is 19.7 Å². The summed E-state index contributed by atoms with van der Waals surface area (Å²) in [6.45, 7) is 15.0. The minimum Gasteiger partial charge on any atom is -0.404 e. The van der Waals surface area contributed by atoms with Gasteiger partial charge in [0, 0.05) is 12.8 Å². The van der Waals surface area contributed by atoms with Crippen LogP contribution < -0.4 is 5.32 Å². The van der Waals surface area contributed by atoms with Crippen molar-refractivity contribution >= 4 is 18.8 Å². The first kappa shape index (κ1) is 33.6. The lowest BCUT2D eigenvalue weighted by Crippen LogP contribution is -2.65. The molecule has 0 aromatic heterocycles. The fourth-order valence-electron chi connectivity index (χ4n) is 7.75. The smallest absolute Gasteiger partial charge is 0.404 e. The van der Waals surface area contributed by atoms with Gasteiger partial charge in [-0.3, -0.25) is 9.59 Å². The zero-order valence-corrected chi connectivity index (χ0v) is 26.8. The Morgan fingerprint density at radius 3 is 2.10 bits per heavy atom. The Bertz CT molecular complexity index is 817. The Kier molecular flexibility index (Phi) is 12.6. The van der Waals surface area contributed by atoms with Crippen LogP contribution in [0, 0.1) is 29.1 Å². The predicted octanol–water partition coefficient (Wildman–Crippen LogP) is 7.05. The van der Waals surface area contributed by atoms with Crippen LogP contribution in [0.25, 0.3) is 0 Å². The van der Waals surface area contributed by atoms with Gasteiger partial charge in [-0.15, -0.1) is 0 Å². The van der Waals surface area contributed by atoms with E-state index >= 15 is 0 Å². The highest BCUT2D eigenvalue weighted by atomic mass is 16.7. The number of carbonyl (C=O) groups is 2. The zero-order chi connectivity index (χ0) is 29.5. The van der Waals surface area contributed by atoms with Crippen molar-refractivity contribution in [1.29, 1.82) is 0 Å². The monoisotopic (exact) mass is 561 g/mol. The van der Waals surface area contributed by atoms with Gasteiger partial charge in [-0.1, -0.05) is 92.4 Å². The number of ketones is 1. The molecule has 7 atom stereocenters. The summed E-state index contributed by atoms with van der Waals surface area (Å²) in [7, 11) is -0.506. The molecule has 1 aliphatic heterocycles. The molecule has 0 spiro atoms. The van der Waals surface area contributed by atoms with Crippen molar-refractivity contribution in [2.24, 2.45) is 29.1 Å². The number of aliphatic hydroxyl groups is 1. The fraction of sp³-hybridized carbons (Fsp3) is 0.939. The summed E-state index contributed by atoms with van der Waals surface area (Å²) in [5.41, 5.74) is -0.0795. The average Bonchev–Trinajstić information content (AvgIpc) is 3.24. The molecule has 1 saturated heterocycles. The van der Waals surface area contributed by atoms with Crippen molar-refractivity contribution < 1.29 is 24.0 Å². The van der Waals surface area contributed by atoms with E-state index in [-0.39, 0.29) is 41.2 Å². The van der Waals surface area contributed by atoms with Crippen LogP contribution in [0.15, 0.2) is 0 Å². The number of aliphatic hydroxyl groups excluding tert-OH is 1. The van der Waals surface area contributed by atoms with Gasteiger partial charge in [-0.05, 0) is 62.7 Å². The second-order valence-electron chi connectivity index (χ2n) is 14.6. The number of hydrogen-bond acceptors (Lipinski definition) is 5. The number of amides is 1. The van der Waals surface area contributed by atoms with Gasteiger partial charge >= 0.3 is 7.12 Å². The third-order valence-electron chi connectivity index (χ3n) is 10.5. The number of hydrogen-bond donors (Lipinski definition) is 2. The van der Waals surface area contributed by atoms with E-state index in [0.717, 1.165) is 25.7 Å². The van der Waals surface area contributed by atoms with Crippen LogP contribution in [0.1, 0.15) is 145 Å². The number of rotatable bonds is 19. The van der Waals surface area contributed by atoms with E-state index < -0.39 is 19.1 Å². The van der Waals surface area contributed by atoms with Gasteiger partial charge in [0.05, 0.1) is 29.7 Å². The zero-order valence-electron chi connectivity index (χ0n) is 26.8. The quantitative estimate of drug-likeness (QED) is 0.130. The summed E-state index contributed by atoms with van der Waals surface area (Å²) in [5.74, 6) is 0.185. The van der Waals surface area contributed by atoms with E-state index in [2.05, 4.69) is 46.9 Å². The summed E-state index contributed by atoms with van der Waals surface area (Å²) >= 11 is 0. The van der Waals surface area contributed by atoms with Crippen LogP contribution in [0.3, 0.4) is 0 Å². The molecule has 2 bridgehead atoms. The average molecular weight is 562 g/mol. The minimum absolute atomic E-state index is 0.0519. The molecule has 3 saturated carbocycles. The second-order valence-corrected chi connectivity index (χ2v) is 14.6. The van der Waals surface area contributed by atoms with E-state index in [0.29, 0.717) is 24.2 Å². The lowest BCUT2D eigenvalue weighted by molar-refractivity contribution is -0.199. The second kappa shape index (κ2) is 15.0. The lowest BCUT2D eigenvalue weighted by atomic mass is 9.43. The Morgan fingerprint density at radius 1 is 0.950 bits per heavy atom. The van der Waals surface area contributed by atoms with Crippen LogP contribution >= 0.6 is 0 Å². The number of unbranched alkanes of at least 4 members (excludes halogenated alkanes) is 9. The molecule has 230 valence electrons. The molecule has 4 fully saturated rings. The maximum atomic E-state index is 13.4. The first-order valence-electron chi connectivity index (χ1n) is 16.7. The molecule has 4 aliphatic rings. The molecule has 2 N–H and O–H groups in total. The Labute approximate surface area is 245 Å². The van der Waals surface area contributed by atoms with E-state index in [9.17, 15) is 14.7 Å². The van der Waals surface area contributed by atoms with Gasteiger partial charge in [0.25, 0.3) is 0 Å². The maximum absolute atomic E-state index is 13.4. The molecule has 4 rings (SSSR count). The molecular weight excluding hydrogens is 501 g/mol. The summed E-state index contributed by atoms with van der Waals surface area (Å²) in [4.78, 5) is 26.2. The lowest BCUT2D eigenvalue weighted by Gasteiger charge is -2.64. The molecule has 1 heterocycles. The van der Waals surface area contributed by atoms with Crippen LogP contribution in [0.5, 0.6) is 0 Å². The van der Waals surface area contributed by atoms with Crippen LogP contribution in [0.2, 0.25) is 0 Å². The number of nitrogens with one attached hydrogen (secondary N) is 1. The van der Waals surface area contributed by atoms with E-state index in [1.165, 1.54) is 57.8 Å². The van der Waals surface area contributed by atoms with E-state index in [4.69, 9.17) is 9.31 Å². The van der Waals surface area contributed by atoms with Crippen molar-refractivity contribution in [1.82, 2.24) is 5.32 Å². The van der Waals surface area contributed by atoms with Gasteiger partial charge in [0.15, 0.2) is 0 Å². The molecule has 0 aromatic rings. The van der Waals surface area contributed by atoms with E-state index in [1.807, 2.05) is 0 Å². The van der Waals surface area contributed by atoms with Gasteiger partial charge in [-0.2, -0.15) is 0 Å². The van der Waals surface area contributed by atoms with Crippen LogP contribution in [-0.2, 0) is 18.9 Å². The normalized spacial score (nSPS) is 29.0. The third-order valence-corrected chi connectivity index (χ3v) is 10.5. The molecule has 40 heavy (non-hydrogen) atoms. The minimum atomic E-state index is -0.894. The topological polar surface area (TPSA) is 84.9 Å². The summed E-state index contributed by atoms with van der Waals surface area (Å²) < 4.78 is 13.2. The highest BCUT2D eigenvalue weighted by Gasteiger charge is 2.68. The Hall–Kier alpha value is -0.915. The maximum Gasteiger partial charge on any atom is 0.481 e. The summed E-state index contributed by atoms with van der Waals surface area (Å²) in [5, 5.41) is 13.6. The first-order valence-corrected chi connectivity index (χ1v) is 16.7. The highest BCUT2D eigenvalue weighted by molar-refractivity contribution is 6.47. The molecule has 0 aromatic carbocycles. The molecule has 3 aliphatic carbocycles. The number of carbonyl (C=O) groups excluding carboxylic acids is 2. The molecule has 0 unspecified atom stereocenters. The van der Waals surface area contributed by atoms with Crippen molar-refractivity contribution in [3.05, 3.63) is 0 Å². The largest absolute Gasteiger partial charge is 0.481 e. The van der Waals surface area contributed by atoms with Crippen LogP contribution in [-0.4, -0.2) is 47.7 Å². The van der Waals surface area contributed by atoms with Crippen molar-refractivity contribution in [2.75, 3.05) is 0 Å². The first-order chi connectivity index (χ1) is 18.9. The SMILES string of the molecule is CCCCCCCCCCCCC(=O)C[C@H](C(=O)N[C@@H](CC(C)C)B1O[C@@H]2C[C@@H]3C[C@@H](C3(C)C)[C@]2(C)O1)[C@@H](C)O.